The first-order valence-electron chi connectivity index (χ1n) is 6.12. The van der Waals surface area contributed by atoms with Gasteiger partial charge in [0.2, 0.25) is 10.5 Å². The smallest absolute Gasteiger partial charge is 0.353 e. The second-order valence-corrected chi connectivity index (χ2v) is 4.19. The van der Waals surface area contributed by atoms with Crippen molar-refractivity contribution in [2.75, 3.05) is 19.8 Å². The van der Waals surface area contributed by atoms with Crippen molar-refractivity contribution in [2.24, 2.45) is 0 Å². The zero-order chi connectivity index (χ0) is 14.9. The Hall–Kier alpha value is -1.18. The highest BCUT2D eigenvalue weighted by Crippen LogP contribution is 2.20. The van der Waals surface area contributed by atoms with Gasteiger partial charge in [-0.15, -0.1) is 0 Å². The Balaban J connectivity index is 4.69. The van der Waals surface area contributed by atoms with Crippen LogP contribution in [-0.4, -0.2) is 48.0 Å². The molecule has 0 fully saturated rings. The molecule has 0 unspecified atom stereocenters. The lowest BCUT2D eigenvalue weighted by atomic mass is 10.2. The third-order valence-corrected chi connectivity index (χ3v) is 2.63. The number of esters is 1. The van der Waals surface area contributed by atoms with Crippen molar-refractivity contribution in [3.8, 4) is 0 Å². The van der Waals surface area contributed by atoms with E-state index in [1.807, 2.05) is 0 Å². The highest BCUT2D eigenvalue weighted by Gasteiger charge is 2.41. The maximum Gasteiger partial charge on any atom is 0.353 e. The lowest BCUT2D eigenvalue weighted by Crippen LogP contribution is -2.46. The van der Waals surface area contributed by atoms with E-state index < -0.39 is 17.7 Å². The zero-order valence-electron chi connectivity index (χ0n) is 12.0. The summed E-state index contributed by atoms with van der Waals surface area (Å²) in [5.74, 6) is -2.60. The first-order chi connectivity index (χ1) is 8.93. The van der Waals surface area contributed by atoms with Gasteiger partial charge in [-0.05, 0) is 20.8 Å². The normalized spacial score (nSPS) is 11.1. The number of hydrogen-bond donors (Lipinski definition) is 0. The monoisotopic (exact) mass is 290 g/mol. The molecule has 0 radical (unpaired) electrons. The van der Waals surface area contributed by atoms with Crippen LogP contribution in [0.25, 0.3) is 0 Å². The van der Waals surface area contributed by atoms with E-state index in [1.54, 1.807) is 20.8 Å². The van der Waals surface area contributed by atoms with Crippen molar-refractivity contribution >= 4 is 22.4 Å². The van der Waals surface area contributed by atoms with Crippen molar-refractivity contribution in [1.82, 2.24) is 0 Å². The summed E-state index contributed by atoms with van der Waals surface area (Å²) in [5.41, 5.74) is 0.295. The molecule has 0 bridgehead atoms. The minimum absolute atomic E-state index is 0.0116. The second kappa shape index (κ2) is 8.84. The Kier molecular flexibility index (Phi) is 8.29. The summed E-state index contributed by atoms with van der Waals surface area (Å²) in [7, 11) is 0.239. The fourth-order valence-electron chi connectivity index (χ4n) is 1.43. The molecule has 0 atom stereocenters. The number of carbonyl (C=O) groups is 2. The van der Waals surface area contributed by atoms with Gasteiger partial charge in [-0.1, -0.05) is 6.58 Å². The Labute approximate surface area is 116 Å². The maximum absolute atomic E-state index is 11.8. The molecule has 0 aliphatic heterocycles. The molecule has 0 spiro atoms. The van der Waals surface area contributed by atoms with Crippen molar-refractivity contribution in [3.63, 3.8) is 0 Å². The molecule has 0 aliphatic rings. The van der Waals surface area contributed by atoms with Crippen LogP contribution in [0.2, 0.25) is 0 Å². The lowest BCUT2D eigenvalue weighted by Gasteiger charge is -2.30. The van der Waals surface area contributed by atoms with Crippen molar-refractivity contribution < 1.29 is 28.2 Å². The van der Waals surface area contributed by atoms with E-state index in [0.29, 0.717) is 5.57 Å². The van der Waals surface area contributed by atoms with E-state index in [4.69, 9.17) is 18.6 Å². The van der Waals surface area contributed by atoms with Crippen molar-refractivity contribution in [1.29, 1.82) is 0 Å². The van der Waals surface area contributed by atoms with Gasteiger partial charge in [-0.25, -0.2) is 9.59 Å². The molecular weight excluding hydrogens is 268 g/mol. The van der Waals surface area contributed by atoms with Crippen molar-refractivity contribution in [2.45, 2.75) is 33.0 Å². The van der Waals surface area contributed by atoms with Gasteiger partial charge in [0.05, 0.1) is 6.61 Å². The fraction of sp³-hybridized carbons (Fsp3) is 0.667. The topological polar surface area (TPSA) is 71.1 Å². The van der Waals surface area contributed by atoms with Crippen molar-refractivity contribution in [3.05, 3.63) is 12.2 Å². The van der Waals surface area contributed by atoms with Gasteiger partial charge in [0.15, 0.2) is 0 Å². The number of carbonyl (C=O) groups excluding carboxylic acids is 2. The number of hydrogen-bond acceptors (Lipinski definition) is 6. The molecule has 110 valence electrons. The minimum atomic E-state index is -1.50. The molecule has 0 aromatic carbocycles. The highest BCUT2D eigenvalue weighted by atomic mass is 28.2. The van der Waals surface area contributed by atoms with E-state index in [-0.39, 0.29) is 36.7 Å². The second-order valence-electron chi connectivity index (χ2n) is 3.78. The molecule has 0 N–H and O–H groups in total. The summed E-state index contributed by atoms with van der Waals surface area (Å²) in [6.45, 7) is 9.06. The highest BCUT2D eigenvalue weighted by molar-refractivity contribution is 6.06. The molecule has 6 nitrogen and oxygen atoms in total. The number of ether oxygens (including phenoxy) is 3. The average molecular weight is 290 g/mol. The summed E-state index contributed by atoms with van der Waals surface area (Å²) >= 11 is 0. The number of rotatable bonds is 9. The van der Waals surface area contributed by atoms with Gasteiger partial charge in [-0.3, -0.25) is 0 Å². The van der Waals surface area contributed by atoms with E-state index in [0.717, 1.165) is 0 Å². The average Bonchev–Trinajstić information content (AvgIpc) is 2.37. The summed E-state index contributed by atoms with van der Waals surface area (Å²) in [6.07, 6.45) is 0.0781. The molecule has 7 heteroatoms. The molecule has 0 saturated carbocycles. The standard InChI is InChI=1S/C12H22O6Si/c1-5-16-12(17-6-2,11(14)18-19)7-8-15-10(13)9(3)4/h3,5-8H2,1-2,4,19H3. The van der Waals surface area contributed by atoms with Gasteiger partial charge in [0.1, 0.15) is 0 Å². The molecule has 0 aromatic heterocycles. The Morgan fingerprint density at radius 3 is 2.11 bits per heavy atom. The fourth-order valence-corrected chi connectivity index (χ4v) is 1.74. The van der Waals surface area contributed by atoms with E-state index >= 15 is 0 Å². The molecule has 0 aromatic rings. The van der Waals surface area contributed by atoms with Crippen LogP contribution in [0.3, 0.4) is 0 Å². The van der Waals surface area contributed by atoms with Gasteiger partial charge in [-0.2, -0.15) is 0 Å². The van der Waals surface area contributed by atoms with Crippen LogP contribution >= 0.6 is 0 Å². The Bertz CT molecular complexity index is 322. The van der Waals surface area contributed by atoms with Crippen LogP contribution in [0.1, 0.15) is 27.2 Å². The summed E-state index contributed by atoms with van der Waals surface area (Å²) < 4.78 is 20.5. The third kappa shape index (κ3) is 5.54. The van der Waals surface area contributed by atoms with E-state index in [1.165, 1.54) is 0 Å². The Morgan fingerprint density at radius 1 is 1.21 bits per heavy atom. The predicted molar refractivity (Wildman–Crippen MR) is 72.4 cm³/mol. The summed E-state index contributed by atoms with van der Waals surface area (Å²) in [6, 6.07) is 0. The SMILES string of the molecule is C=C(C)C(=O)OCCC(OCC)(OCC)C(=O)O[SiH3]. The zero-order valence-corrected chi connectivity index (χ0v) is 14.0. The Morgan fingerprint density at radius 2 is 1.74 bits per heavy atom. The van der Waals surface area contributed by atoms with Crippen LogP contribution in [0.5, 0.6) is 0 Å². The summed E-state index contributed by atoms with van der Waals surface area (Å²) in [5, 5.41) is 0. The first kappa shape index (κ1) is 17.8. The third-order valence-electron chi connectivity index (χ3n) is 2.26. The molecule has 0 amide bonds. The van der Waals surface area contributed by atoms with Gasteiger partial charge >= 0.3 is 11.9 Å². The molecule has 0 rings (SSSR count). The minimum Gasteiger partial charge on any atom is -0.525 e. The van der Waals surface area contributed by atoms with Crippen LogP contribution in [0.4, 0.5) is 0 Å². The van der Waals surface area contributed by atoms with Gasteiger partial charge in [0.25, 0.3) is 5.79 Å². The van der Waals surface area contributed by atoms with E-state index in [9.17, 15) is 9.59 Å². The quantitative estimate of drug-likeness (QED) is 0.259. The van der Waals surface area contributed by atoms with Gasteiger partial charge in [0, 0.05) is 25.2 Å². The maximum atomic E-state index is 11.8. The predicted octanol–water partition coefficient (Wildman–Crippen LogP) is 0.0887. The van der Waals surface area contributed by atoms with Crippen LogP contribution in [0, 0.1) is 0 Å². The molecule has 0 aliphatic carbocycles. The van der Waals surface area contributed by atoms with Crippen LogP contribution in [0.15, 0.2) is 12.2 Å². The summed E-state index contributed by atoms with van der Waals surface area (Å²) in [4.78, 5) is 23.1. The molecule has 0 heterocycles. The largest absolute Gasteiger partial charge is 0.525 e. The van der Waals surface area contributed by atoms with E-state index in [2.05, 4.69) is 6.58 Å². The molecular formula is C12H22O6Si. The lowest BCUT2D eigenvalue weighted by molar-refractivity contribution is -0.244. The molecule has 19 heavy (non-hydrogen) atoms. The first-order valence-corrected chi connectivity index (χ1v) is 6.94. The van der Waals surface area contributed by atoms with Crippen LogP contribution < -0.4 is 0 Å². The van der Waals surface area contributed by atoms with Gasteiger partial charge < -0.3 is 18.6 Å². The van der Waals surface area contributed by atoms with Crippen LogP contribution in [-0.2, 0) is 28.2 Å². The molecule has 0 saturated heterocycles.